The van der Waals surface area contributed by atoms with Gasteiger partial charge < -0.3 is 4.74 Å². The number of methoxy groups -OCH3 is 1. The van der Waals surface area contributed by atoms with Gasteiger partial charge in [0, 0.05) is 5.69 Å². The first-order chi connectivity index (χ1) is 8.54. The van der Waals surface area contributed by atoms with Crippen molar-refractivity contribution in [2.24, 2.45) is 0 Å². The monoisotopic (exact) mass is 246 g/mol. The van der Waals surface area contributed by atoms with E-state index in [1.165, 1.54) is 19.5 Å². The van der Waals surface area contributed by atoms with Crippen molar-refractivity contribution >= 4 is 5.97 Å². The molecule has 2 rings (SSSR count). The maximum Gasteiger partial charge on any atom is 0.358 e. The molecule has 2 aromatic heterocycles. The topological polar surface area (TPSA) is 69.9 Å². The molecule has 0 aliphatic rings. The summed E-state index contributed by atoms with van der Waals surface area (Å²) in [5.41, 5.74) is 3.26. The number of nitrogens with zero attached hydrogens (tertiary/aromatic N) is 4. The third-order valence-electron chi connectivity index (χ3n) is 2.90. The summed E-state index contributed by atoms with van der Waals surface area (Å²) >= 11 is 0. The van der Waals surface area contributed by atoms with Crippen LogP contribution < -0.4 is 0 Å². The zero-order valence-electron chi connectivity index (χ0n) is 10.8. The number of aryl methyl sites for hydroxylation is 1. The lowest BCUT2D eigenvalue weighted by atomic mass is 10.2. The van der Waals surface area contributed by atoms with E-state index in [9.17, 15) is 4.79 Å². The fourth-order valence-corrected chi connectivity index (χ4v) is 1.58. The van der Waals surface area contributed by atoms with Gasteiger partial charge in [0.1, 0.15) is 0 Å². The van der Waals surface area contributed by atoms with Gasteiger partial charge in [0.05, 0.1) is 25.2 Å². The molecule has 0 aliphatic carbocycles. The Kier molecular flexibility index (Phi) is 3.10. The number of ether oxygens (including phenoxy) is 1. The maximum atomic E-state index is 11.2. The van der Waals surface area contributed by atoms with Crippen LogP contribution in [-0.4, -0.2) is 32.8 Å². The molecule has 0 spiro atoms. The van der Waals surface area contributed by atoms with Crippen LogP contribution in [0.1, 0.15) is 27.4 Å². The van der Waals surface area contributed by atoms with Crippen molar-refractivity contribution in [3.8, 4) is 5.82 Å². The lowest BCUT2D eigenvalue weighted by Gasteiger charge is -2.03. The molecule has 2 aromatic rings. The molecule has 6 nitrogen and oxygen atoms in total. The predicted molar refractivity (Wildman–Crippen MR) is 64.7 cm³/mol. The zero-order chi connectivity index (χ0) is 13.3. The number of hydrogen-bond donors (Lipinski definition) is 0. The molecule has 2 heterocycles. The van der Waals surface area contributed by atoms with Gasteiger partial charge in [0.25, 0.3) is 0 Å². The molecule has 0 saturated heterocycles. The van der Waals surface area contributed by atoms with Gasteiger partial charge in [-0.1, -0.05) is 0 Å². The molecule has 0 fully saturated rings. The minimum Gasteiger partial charge on any atom is -0.464 e. The summed E-state index contributed by atoms with van der Waals surface area (Å²) in [5, 5.41) is 4.37. The van der Waals surface area contributed by atoms with Crippen LogP contribution in [0.5, 0.6) is 0 Å². The standard InChI is InChI=1S/C12H14N4O2/c1-7-8(2)15-16(9(7)3)11-6-13-10(5-14-11)12(17)18-4/h5-6H,1-4H3. The lowest BCUT2D eigenvalue weighted by Crippen LogP contribution is -2.08. The number of carbonyl (C=O) groups excluding carboxylic acids is 1. The average molecular weight is 246 g/mol. The minimum atomic E-state index is -0.501. The smallest absolute Gasteiger partial charge is 0.358 e. The Bertz CT molecular complexity index is 587. The molecule has 0 saturated carbocycles. The van der Waals surface area contributed by atoms with Gasteiger partial charge in [-0.3, -0.25) is 0 Å². The summed E-state index contributed by atoms with van der Waals surface area (Å²) in [4.78, 5) is 19.4. The van der Waals surface area contributed by atoms with E-state index >= 15 is 0 Å². The van der Waals surface area contributed by atoms with Gasteiger partial charge in [-0.25, -0.2) is 19.4 Å². The normalized spacial score (nSPS) is 10.4. The van der Waals surface area contributed by atoms with E-state index in [0.717, 1.165) is 17.0 Å². The molecule has 0 bridgehead atoms. The van der Waals surface area contributed by atoms with Crippen molar-refractivity contribution in [2.45, 2.75) is 20.8 Å². The molecule has 0 aliphatic heterocycles. The van der Waals surface area contributed by atoms with Gasteiger partial charge >= 0.3 is 5.97 Å². The quantitative estimate of drug-likeness (QED) is 0.748. The van der Waals surface area contributed by atoms with Crippen LogP contribution in [0.2, 0.25) is 0 Å². The Hall–Kier alpha value is -2.24. The van der Waals surface area contributed by atoms with Crippen molar-refractivity contribution in [1.82, 2.24) is 19.7 Å². The molecular weight excluding hydrogens is 232 g/mol. The van der Waals surface area contributed by atoms with Crippen LogP contribution >= 0.6 is 0 Å². The minimum absolute atomic E-state index is 0.180. The Morgan fingerprint density at radius 1 is 1.22 bits per heavy atom. The number of aromatic nitrogens is 4. The Morgan fingerprint density at radius 3 is 2.39 bits per heavy atom. The van der Waals surface area contributed by atoms with E-state index < -0.39 is 5.97 Å². The third kappa shape index (κ3) is 1.97. The first-order valence-corrected chi connectivity index (χ1v) is 5.48. The van der Waals surface area contributed by atoms with Crippen molar-refractivity contribution < 1.29 is 9.53 Å². The van der Waals surface area contributed by atoms with Crippen LogP contribution in [0.15, 0.2) is 12.4 Å². The molecule has 0 N–H and O–H groups in total. The van der Waals surface area contributed by atoms with Gasteiger partial charge in [0.15, 0.2) is 11.5 Å². The SMILES string of the molecule is COC(=O)c1cnc(-n2nc(C)c(C)c2C)cn1. The van der Waals surface area contributed by atoms with Crippen LogP contribution in [0.25, 0.3) is 5.82 Å². The molecule has 0 unspecified atom stereocenters. The first-order valence-electron chi connectivity index (χ1n) is 5.48. The number of rotatable bonds is 2. The van der Waals surface area contributed by atoms with Crippen molar-refractivity contribution in [2.75, 3.05) is 7.11 Å². The molecule has 0 aromatic carbocycles. The molecular formula is C12H14N4O2. The molecule has 0 amide bonds. The third-order valence-corrected chi connectivity index (χ3v) is 2.90. The van der Waals surface area contributed by atoms with E-state index in [0.29, 0.717) is 5.82 Å². The van der Waals surface area contributed by atoms with Crippen molar-refractivity contribution in [3.63, 3.8) is 0 Å². The summed E-state index contributed by atoms with van der Waals surface area (Å²) in [6.07, 6.45) is 2.89. The first kappa shape index (κ1) is 12.2. The molecule has 18 heavy (non-hydrogen) atoms. The van der Waals surface area contributed by atoms with E-state index in [4.69, 9.17) is 0 Å². The average Bonchev–Trinajstić information content (AvgIpc) is 2.66. The Labute approximate surface area is 105 Å². The maximum absolute atomic E-state index is 11.2. The highest BCUT2D eigenvalue weighted by molar-refractivity contribution is 5.86. The van der Waals surface area contributed by atoms with Crippen LogP contribution in [0.3, 0.4) is 0 Å². The summed E-state index contributed by atoms with van der Waals surface area (Å²) in [6.45, 7) is 5.91. The zero-order valence-corrected chi connectivity index (χ0v) is 10.8. The summed E-state index contributed by atoms with van der Waals surface area (Å²) < 4.78 is 6.27. The highest BCUT2D eigenvalue weighted by Gasteiger charge is 2.12. The lowest BCUT2D eigenvalue weighted by molar-refractivity contribution is 0.0593. The van der Waals surface area contributed by atoms with Crippen LogP contribution in [-0.2, 0) is 4.74 Å². The van der Waals surface area contributed by atoms with E-state index in [-0.39, 0.29) is 5.69 Å². The van der Waals surface area contributed by atoms with Crippen molar-refractivity contribution in [1.29, 1.82) is 0 Å². The second-order valence-corrected chi connectivity index (χ2v) is 3.96. The van der Waals surface area contributed by atoms with Crippen LogP contribution in [0, 0.1) is 20.8 Å². The molecule has 0 radical (unpaired) electrons. The van der Waals surface area contributed by atoms with E-state index in [1.807, 2.05) is 20.8 Å². The number of hydrogen-bond acceptors (Lipinski definition) is 5. The van der Waals surface area contributed by atoms with E-state index in [2.05, 4.69) is 19.8 Å². The van der Waals surface area contributed by atoms with Gasteiger partial charge in [-0.2, -0.15) is 5.10 Å². The van der Waals surface area contributed by atoms with Gasteiger partial charge in [-0.05, 0) is 26.3 Å². The van der Waals surface area contributed by atoms with Crippen LogP contribution in [0.4, 0.5) is 0 Å². The Morgan fingerprint density at radius 2 is 1.94 bits per heavy atom. The molecule has 6 heteroatoms. The summed E-state index contributed by atoms with van der Waals surface area (Å²) in [5.74, 6) is 0.0787. The molecule has 0 atom stereocenters. The van der Waals surface area contributed by atoms with Gasteiger partial charge in [0.2, 0.25) is 0 Å². The number of esters is 1. The number of carbonyl (C=O) groups is 1. The van der Waals surface area contributed by atoms with Crippen molar-refractivity contribution in [3.05, 3.63) is 35.0 Å². The summed E-state index contributed by atoms with van der Waals surface area (Å²) in [6, 6.07) is 0. The summed E-state index contributed by atoms with van der Waals surface area (Å²) in [7, 11) is 1.31. The van der Waals surface area contributed by atoms with Gasteiger partial charge in [-0.15, -0.1) is 0 Å². The second-order valence-electron chi connectivity index (χ2n) is 3.96. The largest absolute Gasteiger partial charge is 0.464 e. The molecule has 94 valence electrons. The Balaban J connectivity index is 2.40. The fourth-order valence-electron chi connectivity index (χ4n) is 1.58. The highest BCUT2D eigenvalue weighted by atomic mass is 16.5. The predicted octanol–water partition coefficient (Wildman–Crippen LogP) is 1.37. The second kappa shape index (κ2) is 4.56. The van der Waals surface area contributed by atoms with E-state index in [1.54, 1.807) is 4.68 Å². The fraction of sp³-hybridized carbons (Fsp3) is 0.333. The highest BCUT2D eigenvalue weighted by Crippen LogP contribution is 2.14.